The number of nitrogens with zero attached hydrogens (tertiary/aromatic N) is 1. The van der Waals surface area contributed by atoms with Crippen LogP contribution < -0.4 is 19.9 Å². The van der Waals surface area contributed by atoms with Crippen molar-refractivity contribution in [2.75, 3.05) is 11.6 Å². The molecule has 1 saturated heterocycles. The Hall–Kier alpha value is -3.79. The highest BCUT2D eigenvalue weighted by atomic mass is 32.1. The number of amides is 2. The van der Waals surface area contributed by atoms with Crippen molar-refractivity contribution in [1.29, 1.82) is 0 Å². The lowest BCUT2D eigenvalue weighted by atomic mass is 10.1. The van der Waals surface area contributed by atoms with Gasteiger partial charge < -0.3 is 9.47 Å². The third kappa shape index (κ3) is 5.07. The van der Waals surface area contributed by atoms with Gasteiger partial charge in [-0.2, -0.15) is 13.2 Å². The Morgan fingerprint density at radius 1 is 1.03 bits per heavy atom. The minimum atomic E-state index is -4.58. The van der Waals surface area contributed by atoms with Gasteiger partial charge in [-0.05, 0) is 60.3 Å². The molecule has 2 aromatic carbocycles. The summed E-state index contributed by atoms with van der Waals surface area (Å²) in [6.07, 6.45) is -3.22. The van der Waals surface area contributed by atoms with Crippen LogP contribution in [-0.2, 0) is 22.4 Å². The topological polar surface area (TPSA) is 67.9 Å². The number of halogens is 3. The summed E-state index contributed by atoms with van der Waals surface area (Å²) in [5.74, 6) is -0.544. The van der Waals surface area contributed by atoms with E-state index in [2.05, 4.69) is 5.43 Å². The van der Waals surface area contributed by atoms with Crippen LogP contribution in [0.4, 0.5) is 18.9 Å². The molecule has 2 heterocycles. The van der Waals surface area contributed by atoms with E-state index in [-0.39, 0.29) is 11.3 Å². The normalized spacial score (nSPS) is 15.1. The molecule has 176 valence electrons. The van der Waals surface area contributed by atoms with Crippen molar-refractivity contribution in [2.24, 2.45) is 0 Å². The number of hydrogen-bond donors (Lipinski definition) is 1. The molecule has 0 spiro atoms. The summed E-state index contributed by atoms with van der Waals surface area (Å²) in [6.45, 7) is 2.55. The quantitative estimate of drug-likeness (QED) is 0.367. The van der Waals surface area contributed by atoms with Gasteiger partial charge in [-0.1, -0.05) is 18.2 Å². The lowest BCUT2D eigenvalue weighted by Gasteiger charge is -2.16. The van der Waals surface area contributed by atoms with Crippen molar-refractivity contribution < 1.29 is 32.2 Å². The van der Waals surface area contributed by atoms with Crippen LogP contribution in [0.2, 0.25) is 0 Å². The van der Waals surface area contributed by atoms with Crippen molar-refractivity contribution in [2.45, 2.75) is 19.7 Å². The summed E-state index contributed by atoms with van der Waals surface area (Å²) in [5, 5.41) is 2.75. The average molecular weight is 488 g/mol. The highest BCUT2D eigenvalue weighted by Crippen LogP contribution is 2.33. The molecule has 0 unspecified atom stereocenters. The molecule has 1 aromatic heterocycles. The maximum absolute atomic E-state index is 13.0. The Morgan fingerprint density at radius 2 is 1.85 bits per heavy atom. The number of ether oxygens (including phenoxy) is 2. The van der Waals surface area contributed by atoms with E-state index in [1.807, 2.05) is 24.4 Å². The molecule has 4 rings (SSSR count). The SMILES string of the molecule is CCOc1cc(/C=C2/C(=O)NN(c3cccc(C(F)(F)F)c3)C2=O)ccc1OCc1cccs1. The van der Waals surface area contributed by atoms with Crippen molar-refractivity contribution in [3.05, 3.63) is 81.6 Å². The second-order valence-electron chi connectivity index (χ2n) is 7.19. The van der Waals surface area contributed by atoms with Crippen LogP contribution in [-0.4, -0.2) is 18.4 Å². The number of hydrazine groups is 1. The molecular formula is C24H19F3N2O4S. The highest BCUT2D eigenvalue weighted by Gasteiger charge is 2.36. The molecule has 6 nitrogen and oxygen atoms in total. The summed E-state index contributed by atoms with van der Waals surface area (Å²) in [5.41, 5.74) is 1.57. The van der Waals surface area contributed by atoms with Gasteiger partial charge >= 0.3 is 6.18 Å². The highest BCUT2D eigenvalue weighted by molar-refractivity contribution is 7.09. The molecule has 0 bridgehead atoms. The second-order valence-corrected chi connectivity index (χ2v) is 8.23. The van der Waals surface area contributed by atoms with Crippen LogP contribution in [0.5, 0.6) is 11.5 Å². The Morgan fingerprint density at radius 3 is 2.56 bits per heavy atom. The average Bonchev–Trinajstić information content (AvgIpc) is 3.42. The first-order valence-electron chi connectivity index (χ1n) is 10.2. The zero-order valence-electron chi connectivity index (χ0n) is 17.9. The van der Waals surface area contributed by atoms with Crippen LogP contribution in [0, 0.1) is 0 Å². The van der Waals surface area contributed by atoms with Crippen LogP contribution in [0.1, 0.15) is 22.9 Å². The number of carbonyl (C=O) groups is 2. The molecule has 1 aliphatic rings. The number of hydrogen-bond acceptors (Lipinski definition) is 5. The van der Waals surface area contributed by atoms with Crippen molar-refractivity contribution >= 4 is 34.9 Å². The van der Waals surface area contributed by atoms with E-state index in [1.165, 1.54) is 18.2 Å². The van der Waals surface area contributed by atoms with Gasteiger partial charge in [-0.3, -0.25) is 15.0 Å². The third-order valence-electron chi connectivity index (χ3n) is 4.85. The molecule has 0 aliphatic carbocycles. The Labute approximate surface area is 197 Å². The van der Waals surface area contributed by atoms with Crippen molar-refractivity contribution in [1.82, 2.24) is 5.43 Å². The fourth-order valence-electron chi connectivity index (χ4n) is 3.27. The summed E-state index contributed by atoms with van der Waals surface area (Å²) in [7, 11) is 0. The molecule has 10 heteroatoms. The van der Waals surface area contributed by atoms with Crippen LogP contribution >= 0.6 is 11.3 Å². The van der Waals surface area contributed by atoms with Gasteiger partial charge in [0, 0.05) is 4.88 Å². The van der Waals surface area contributed by atoms with E-state index in [9.17, 15) is 22.8 Å². The Balaban J connectivity index is 1.58. The van der Waals surface area contributed by atoms with E-state index < -0.39 is 23.6 Å². The maximum atomic E-state index is 13.0. The first-order valence-corrected chi connectivity index (χ1v) is 11.1. The van der Waals surface area contributed by atoms with Gasteiger partial charge in [0.05, 0.1) is 17.9 Å². The van der Waals surface area contributed by atoms with Gasteiger partial charge in [0.15, 0.2) is 11.5 Å². The van der Waals surface area contributed by atoms with E-state index in [4.69, 9.17) is 9.47 Å². The summed E-state index contributed by atoms with van der Waals surface area (Å²) < 4.78 is 50.6. The molecule has 3 aromatic rings. The minimum Gasteiger partial charge on any atom is -0.490 e. The maximum Gasteiger partial charge on any atom is 0.416 e. The van der Waals surface area contributed by atoms with Gasteiger partial charge in [0.2, 0.25) is 0 Å². The fraction of sp³-hybridized carbons (Fsp3) is 0.167. The molecule has 34 heavy (non-hydrogen) atoms. The van der Waals surface area contributed by atoms with E-state index in [1.54, 1.807) is 29.5 Å². The number of carbonyl (C=O) groups excluding carboxylic acids is 2. The zero-order chi connectivity index (χ0) is 24.3. The lowest BCUT2D eigenvalue weighted by Crippen LogP contribution is -2.35. The van der Waals surface area contributed by atoms with Crippen LogP contribution in [0.25, 0.3) is 6.08 Å². The fourth-order valence-corrected chi connectivity index (χ4v) is 3.89. The zero-order valence-corrected chi connectivity index (χ0v) is 18.7. The van der Waals surface area contributed by atoms with Crippen molar-refractivity contribution in [3.8, 4) is 11.5 Å². The second kappa shape index (κ2) is 9.60. The first-order chi connectivity index (χ1) is 16.3. The van der Waals surface area contributed by atoms with E-state index in [0.717, 1.165) is 22.0 Å². The van der Waals surface area contributed by atoms with Crippen LogP contribution in [0.3, 0.4) is 0 Å². The summed E-state index contributed by atoms with van der Waals surface area (Å²) >= 11 is 1.56. The predicted octanol–water partition coefficient (Wildman–Crippen LogP) is 5.21. The van der Waals surface area contributed by atoms with E-state index >= 15 is 0 Å². The third-order valence-corrected chi connectivity index (χ3v) is 5.70. The molecule has 0 atom stereocenters. The van der Waals surface area contributed by atoms with Gasteiger partial charge in [0.25, 0.3) is 11.8 Å². The monoisotopic (exact) mass is 488 g/mol. The summed E-state index contributed by atoms with van der Waals surface area (Å²) in [6, 6.07) is 13.0. The van der Waals surface area contributed by atoms with Gasteiger partial charge in [0.1, 0.15) is 12.2 Å². The molecular weight excluding hydrogens is 469 g/mol. The van der Waals surface area contributed by atoms with Gasteiger partial charge in [-0.25, -0.2) is 5.01 Å². The number of benzene rings is 2. The Bertz CT molecular complexity index is 1240. The number of thiophene rings is 1. The van der Waals surface area contributed by atoms with E-state index in [0.29, 0.717) is 30.3 Å². The number of anilines is 1. The smallest absolute Gasteiger partial charge is 0.416 e. The molecule has 0 radical (unpaired) electrons. The summed E-state index contributed by atoms with van der Waals surface area (Å²) in [4.78, 5) is 26.3. The molecule has 0 saturated carbocycles. The molecule has 1 fully saturated rings. The van der Waals surface area contributed by atoms with Crippen molar-refractivity contribution in [3.63, 3.8) is 0 Å². The number of rotatable bonds is 7. The standard InChI is InChI=1S/C24H19F3N2O4S/c1-2-32-21-12-15(8-9-20(21)33-14-18-7-4-10-34-18)11-19-22(30)28-29(23(19)31)17-6-3-5-16(13-17)24(25,26)27/h3-13H,2,14H2,1H3,(H,28,30)/b19-11-. The molecule has 2 amide bonds. The molecule has 1 N–H and O–H groups in total. The predicted molar refractivity (Wildman–Crippen MR) is 121 cm³/mol. The largest absolute Gasteiger partial charge is 0.490 e. The Kier molecular flexibility index (Phi) is 6.60. The van der Waals surface area contributed by atoms with Crippen LogP contribution in [0.15, 0.2) is 65.6 Å². The lowest BCUT2D eigenvalue weighted by molar-refractivity contribution is -0.137. The minimum absolute atomic E-state index is 0.0936. The number of alkyl halides is 3. The number of nitrogens with one attached hydrogen (secondary N) is 1. The first kappa shape index (κ1) is 23.4. The molecule has 1 aliphatic heterocycles. The van der Waals surface area contributed by atoms with Gasteiger partial charge in [-0.15, -0.1) is 11.3 Å².